The van der Waals surface area contributed by atoms with Gasteiger partial charge in [-0.25, -0.2) is 0 Å². The molecule has 3 N–H and O–H groups in total. The van der Waals surface area contributed by atoms with Crippen molar-refractivity contribution in [1.82, 2.24) is 5.32 Å². The van der Waals surface area contributed by atoms with Crippen LogP contribution in [0.5, 0.6) is 0 Å². The Balaban J connectivity index is 3.02. The van der Waals surface area contributed by atoms with Crippen molar-refractivity contribution >= 4 is 17.8 Å². The average Bonchev–Trinajstić information content (AvgIpc) is 3.12. The standard InChI is InChI=1S/C23H41NO7/c1-6-18(25)13-17(14-19(26)27)24-21(29)23(10-7-8-11-23)15-16(9-12-30-5)20(28)31-22(2,3)4/h16-18,25H,6-15H2,1-5H3,(H,24,29)(H,26,27)/t16-,17+,18?/m1/s1. The lowest BCUT2D eigenvalue weighted by atomic mass is 9.75. The summed E-state index contributed by atoms with van der Waals surface area (Å²) in [5, 5.41) is 22.1. The van der Waals surface area contributed by atoms with Crippen molar-refractivity contribution < 1.29 is 34.1 Å². The lowest BCUT2D eigenvalue weighted by molar-refractivity contribution is -0.162. The van der Waals surface area contributed by atoms with Gasteiger partial charge in [0.2, 0.25) is 5.91 Å². The minimum absolute atomic E-state index is 0.184. The van der Waals surface area contributed by atoms with Crippen molar-refractivity contribution in [1.29, 1.82) is 0 Å². The molecular weight excluding hydrogens is 402 g/mol. The molecule has 0 bridgehead atoms. The van der Waals surface area contributed by atoms with Crippen LogP contribution in [0.15, 0.2) is 0 Å². The second-order valence-electron chi connectivity index (χ2n) is 9.77. The van der Waals surface area contributed by atoms with Gasteiger partial charge >= 0.3 is 11.9 Å². The number of ether oxygens (including phenoxy) is 2. The molecule has 1 aliphatic rings. The Hall–Kier alpha value is -1.67. The first-order valence-electron chi connectivity index (χ1n) is 11.3. The highest BCUT2D eigenvalue weighted by Gasteiger charge is 2.45. The van der Waals surface area contributed by atoms with E-state index in [9.17, 15) is 24.6 Å². The van der Waals surface area contributed by atoms with E-state index >= 15 is 0 Å². The van der Waals surface area contributed by atoms with E-state index in [1.165, 1.54) is 0 Å². The Kier molecular flexibility index (Phi) is 10.9. The van der Waals surface area contributed by atoms with Crippen molar-refractivity contribution in [3.05, 3.63) is 0 Å². The number of carbonyl (C=O) groups excluding carboxylic acids is 2. The first-order valence-corrected chi connectivity index (χ1v) is 11.3. The molecule has 0 spiro atoms. The van der Waals surface area contributed by atoms with Crippen LogP contribution in [0.3, 0.4) is 0 Å². The molecule has 1 amide bonds. The zero-order valence-corrected chi connectivity index (χ0v) is 19.7. The number of aliphatic hydroxyl groups is 1. The highest BCUT2D eigenvalue weighted by atomic mass is 16.6. The summed E-state index contributed by atoms with van der Waals surface area (Å²) in [5.41, 5.74) is -1.38. The van der Waals surface area contributed by atoms with Gasteiger partial charge in [0, 0.05) is 19.8 Å². The van der Waals surface area contributed by atoms with Gasteiger partial charge in [-0.3, -0.25) is 14.4 Å². The van der Waals surface area contributed by atoms with Gasteiger partial charge in [0.05, 0.1) is 23.9 Å². The quantitative estimate of drug-likeness (QED) is 0.374. The summed E-state index contributed by atoms with van der Waals surface area (Å²) < 4.78 is 10.8. The van der Waals surface area contributed by atoms with Gasteiger partial charge in [-0.1, -0.05) is 19.8 Å². The normalized spacial score (nSPS) is 18.8. The molecule has 0 radical (unpaired) electrons. The number of carbonyl (C=O) groups is 3. The van der Waals surface area contributed by atoms with Crippen molar-refractivity contribution in [2.75, 3.05) is 13.7 Å². The molecular formula is C23H41NO7. The van der Waals surface area contributed by atoms with E-state index in [2.05, 4.69) is 5.32 Å². The number of hydrogen-bond acceptors (Lipinski definition) is 6. The molecule has 3 atom stereocenters. The fourth-order valence-electron chi connectivity index (χ4n) is 4.23. The molecule has 31 heavy (non-hydrogen) atoms. The highest BCUT2D eigenvalue weighted by molar-refractivity contribution is 5.85. The van der Waals surface area contributed by atoms with Crippen molar-refractivity contribution in [2.24, 2.45) is 11.3 Å². The largest absolute Gasteiger partial charge is 0.481 e. The molecule has 1 unspecified atom stereocenters. The van der Waals surface area contributed by atoms with Crippen LogP contribution in [0.1, 0.15) is 85.5 Å². The Morgan fingerprint density at radius 1 is 1.16 bits per heavy atom. The molecule has 8 nitrogen and oxygen atoms in total. The van der Waals surface area contributed by atoms with Crippen molar-refractivity contribution in [3.63, 3.8) is 0 Å². The summed E-state index contributed by atoms with van der Waals surface area (Å²) in [5.74, 6) is -2.08. The van der Waals surface area contributed by atoms with E-state index in [0.717, 1.165) is 12.8 Å². The predicted octanol–water partition coefficient (Wildman–Crippen LogP) is 3.05. The number of rotatable bonds is 13. The number of aliphatic hydroxyl groups excluding tert-OH is 1. The smallest absolute Gasteiger partial charge is 0.309 e. The number of amides is 1. The average molecular weight is 444 g/mol. The second-order valence-corrected chi connectivity index (χ2v) is 9.77. The third kappa shape index (κ3) is 9.56. The maximum atomic E-state index is 13.4. The topological polar surface area (TPSA) is 122 Å². The lowest BCUT2D eigenvalue weighted by Gasteiger charge is -2.34. The summed E-state index contributed by atoms with van der Waals surface area (Å²) in [6.07, 6.45) is 3.56. The van der Waals surface area contributed by atoms with Gasteiger partial charge in [0.1, 0.15) is 5.60 Å². The number of aliphatic carboxylic acids is 1. The zero-order valence-electron chi connectivity index (χ0n) is 19.7. The minimum Gasteiger partial charge on any atom is -0.481 e. The van der Waals surface area contributed by atoms with Crippen LogP contribution in [0.25, 0.3) is 0 Å². The van der Waals surface area contributed by atoms with Crippen LogP contribution in [-0.4, -0.2) is 59.5 Å². The van der Waals surface area contributed by atoms with Gasteiger partial charge in [-0.2, -0.15) is 0 Å². The van der Waals surface area contributed by atoms with Crippen LogP contribution in [0.2, 0.25) is 0 Å². The number of hydrogen-bond donors (Lipinski definition) is 3. The third-order valence-electron chi connectivity index (χ3n) is 5.87. The van der Waals surface area contributed by atoms with E-state index in [-0.39, 0.29) is 24.7 Å². The molecule has 1 fully saturated rings. The molecule has 1 rings (SSSR count). The number of nitrogens with one attached hydrogen (secondary N) is 1. The first-order chi connectivity index (χ1) is 14.4. The van der Waals surface area contributed by atoms with Gasteiger partial charge in [-0.15, -0.1) is 0 Å². The van der Waals surface area contributed by atoms with Crippen LogP contribution in [0.4, 0.5) is 0 Å². The number of carboxylic acid groups (broad SMARTS) is 1. The van der Waals surface area contributed by atoms with Crippen molar-refractivity contribution in [3.8, 4) is 0 Å². The van der Waals surface area contributed by atoms with Gasteiger partial charge < -0.3 is 25.0 Å². The van der Waals surface area contributed by atoms with Gasteiger partial charge in [0.25, 0.3) is 0 Å². The van der Waals surface area contributed by atoms with E-state index in [1.807, 2.05) is 27.7 Å². The summed E-state index contributed by atoms with van der Waals surface area (Å²) in [6, 6.07) is -0.656. The van der Waals surface area contributed by atoms with Crippen LogP contribution >= 0.6 is 0 Å². The minimum atomic E-state index is -1.03. The molecule has 8 heteroatoms. The first kappa shape index (κ1) is 27.4. The predicted molar refractivity (Wildman–Crippen MR) is 116 cm³/mol. The maximum absolute atomic E-state index is 13.4. The number of carboxylic acids is 1. The summed E-state index contributed by atoms with van der Waals surface area (Å²) in [7, 11) is 1.57. The third-order valence-corrected chi connectivity index (χ3v) is 5.87. The molecule has 0 aromatic carbocycles. The van der Waals surface area contributed by atoms with Crippen molar-refractivity contribution in [2.45, 2.75) is 103 Å². The fraction of sp³-hybridized carbons (Fsp3) is 0.870. The maximum Gasteiger partial charge on any atom is 0.309 e. The second kappa shape index (κ2) is 12.4. The monoisotopic (exact) mass is 443 g/mol. The number of methoxy groups -OCH3 is 1. The van der Waals surface area contributed by atoms with E-state index in [1.54, 1.807) is 7.11 Å². The Morgan fingerprint density at radius 2 is 1.77 bits per heavy atom. The lowest BCUT2D eigenvalue weighted by Crippen LogP contribution is -2.47. The fourth-order valence-corrected chi connectivity index (χ4v) is 4.23. The molecule has 1 aliphatic carbocycles. The van der Waals surface area contributed by atoms with E-state index in [4.69, 9.17) is 9.47 Å². The van der Waals surface area contributed by atoms with E-state index < -0.39 is 35.0 Å². The molecule has 0 aliphatic heterocycles. The van der Waals surface area contributed by atoms with E-state index in [0.29, 0.717) is 38.7 Å². The summed E-state index contributed by atoms with van der Waals surface area (Å²) in [6.45, 7) is 7.62. The van der Waals surface area contributed by atoms with Crippen LogP contribution in [0, 0.1) is 11.3 Å². The molecule has 1 saturated carbocycles. The SMILES string of the molecule is CCC(O)C[C@@H](CC(=O)O)NC(=O)C1(C[C@@H](CCOC)C(=O)OC(C)(C)C)CCCC1. The van der Waals surface area contributed by atoms with Gasteiger partial charge in [-0.05, 0) is 59.3 Å². The van der Waals surface area contributed by atoms with Gasteiger partial charge in [0.15, 0.2) is 0 Å². The molecule has 0 saturated heterocycles. The highest BCUT2D eigenvalue weighted by Crippen LogP contribution is 2.44. The number of esters is 1. The Bertz CT molecular complexity index is 593. The molecule has 180 valence electrons. The van der Waals surface area contributed by atoms with Crippen LogP contribution < -0.4 is 5.32 Å². The summed E-state index contributed by atoms with van der Waals surface area (Å²) in [4.78, 5) is 37.5. The molecule has 0 aromatic rings. The molecule has 0 aromatic heterocycles. The van der Waals surface area contributed by atoms with Crippen LogP contribution in [-0.2, 0) is 23.9 Å². The summed E-state index contributed by atoms with van der Waals surface area (Å²) >= 11 is 0. The Labute approximate surface area is 186 Å². The zero-order chi connectivity index (χ0) is 23.7. The Morgan fingerprint density at radius 3 is 2.26 bits per heavy atom. The molecule has 0 heterocycles.